The first-order valence-electron chi connectivity index (χ1n) is 8.20. The van der Waals surface area contributed by atoms with E-state index in [2.05, 4.69) is 4.72 Å². The summed E-state index contributed by atoms with van der Waals surface area (Å²) in [6.07, 6.45) is 0.565. The van der Waals surface area contributed by atoms with Gasteiger partial charge in [-0.2, -0.15) is 0 Å². The Hall–Kier alpha value is -2.05. The highest BCUT2D eigenvalue weighted by Gasteiger charge is 2.28. The molecule has 5 nitrogen and oxygen atoms in total. The van der Waals surface area contributed by atoms with Crippen LogP contribution in [0, 0.1) is 20.8 Å². The number of hydrogen-bond acceptors (Lipinski definition) is 4. The van der Waals surface area contributed by atoms with Crippen LogP contribution in [0.15, 0.2) is 35.2 Å². The first-order valence-corrected chi connectivity index (χ1v) is 9.69. The molecule has 1 N–H and O–H groups in total. The lowest BCUT2D eigenvalue weighted by atomic mass is 10.0. The average molecular weight is 361 g/mol. The second-order valence-corrected chi connectivity index (χ2v) is 8.17. The van der Waals surface area contributed by atoms with Gasteiger partial charge in [-0.25, -0.2) is 13.1 Å². The quantitative estimate of drug-likeness (QED) is 0.909. The molecule has 0 saturated carbocycles. The molecule has 1 aliphatic rings. The van der Waals surface area contributed by atoms with Gasteiger partial charge in [0.05, 0.1) is 18.0 Å². The summed E-state index contributed by atoms with van der Waals surface area (Å²) >= 11 is 0. The van der Waals surface area contributed by atoms with Crippen molar-refractivity contribution in [3.05, 3.63) is 52.6 Å². The predicted octanol–water partition coefficient (Wildman–Crippen LogP) is 2.90. The topological polar surface area (TPSA) is 64.6 Å². The monoisotopic (exact) mass is 361 g/mol. The third kappa shape index (κ3) is 3.50. The molecule has 0 spiro atoms. The van der Waals surface area contributed by atoms with Crippen LogP contribution in [0.3, 0.4) is 0 Å². The predicted molar refractivity (Wildman–Crippen MR) is 97.0 cm³/mol. The van der Waals surface area contributed by atoms with Gasteiger partial charge in [-0.3, -0.25) is 0 Å². The van der Waals surface area contributed by atoms with E-state index in [4.69, 9.17) is 9.47 Å². The number of nitrogens with one attached hydrogen (secondary N) is 1. The molecule has 0 unspecified atom stereocenters. The molecule has 0 radical (unpaired) electrons. The van der Waals surface area contributed by atoms with Gasteiger partial charge in [0.25, 0.3) is 0 Å². The van der Waals surface area contributed by atoms with Crippen molar-refractivity contribution in [1.82, 2.24) is 4.72 Å². The third-order valence-corrected chi connectivity index (χ3v) is 6.24. The summed E-state index contributed by atoms with van der Waals surface area (Å²) in [6, 6.07) is 8.97. The number of rotatable bonds is 4. The Morgan fingerprint density at radius 1 is 1.12 bits per heavy atom. The molecule has 0 amide bonds. The van der Waals surface area contributed by atoms with Crippen molar-refractivity contribution in [2.45, 2.75) is 38.1 Å². The number of hydrogen-bond donors (Lipinski definition) is 1. The number of aryl methyl sites for hydroxylation is 3. The van der Waals surface area contributed by atoms with E-state index in [0.29, 0.717) is 22.8 Å². The fourth-order valence-electron chi connectivity index (χ4n) is 3.14. The Morgan fingerprint density at radius 3 is 2.56 bits per heavy atom. The summed E-state index contributed by atoms with van der Waals surface area (Å²) in [7, 11) is -2.02. The first kappa shape index (κ1) is 17.8. The van der Waals surface area contributed by atoms with E-state index >= 15 is 0 Å². The van der Waals surface area contributed by atoms with Gasteiger partial charge in [0.2, 0.25) is 10.0 Å². The van der Waals surface area contributed by atoms with Gasteiger partial charge in [0.15, 0.2) is 11.5 Å². The molecule has 1 heterocycles. The molecule has 0 aliphatic carbocycles. The minimum absolute atomic E-state index is 0.274. The number of methoxy groups -OCH3 is 1. The molecule has 1 aliphatic heterocycles. The molecule has 0 fully saturated rings. The van der Waals surface area contributed by atoms with E-state index < -0.39 is 10.0 Å². The van der Waals surface area contributed by atoms with Gasteiger partial charge < -0.3 is 9.47 Å². The fourth-order valence-corrected chi connectivity index (χ4v) is 4.67. The highest BCUT2D eigenvalue weighted by atomic mass is 32.2. The molecule has 2 aromatic carbocycles. The summed E-state index contributed by atoms with van der Waals surface area (Å²) in [5.74, 6) is 1.37. The first-order chi connectivity index (χ1) is 11.8. The van der Waals surface area contributed by atoms with Crippen molar-refractivity contribution in [3.8, 4) is 11.5 Å². The van der Waals surface area contributed by atoms with Crippen LogP contribution in [0.25, 0.3) is 0 Å². The van der Waals surface area contributed by atoms with Crippen LogP contribution < -0.4 is 14.2 Å². The third-order valence-electron chi connectivity index (χ3n) is 4.58. The zero-order valence-corrected chi connectivity index (χ0v) is 15.7. The Morgan fingerprint density at radius 2 is 1.84 bits per heavy atom. The highest BCUT2D eigenvalue weighted by Crippen LogP contribution is 2.34. The molecule has 0 aromatic heterocycles. The van der Waals surface area contributed by atoms with Crippen LogP contribution in [0.2, 0.25) is 0 Å². The Labute approximate surface area is 149 Å². The zero-order valence-electron chi connectivity index (χ0n) is 14.9. The molecular formula is C19H23NO4S. The summed E-state index contributed by atoms with van der Waals surface area (Å²) in [5.41, 5.74) is 3.73. The molecule has 1 atom stereocenters. The second-order valence-electron chi connectivity index (χ2n) is 6.48. The molecule has 6 heteroatoms. The van der Waals surface area contributed by atoms with Crippen LogP contribution in [-0.2, 0) is 16.4 Å². The smallest absolute Gasteiger partial charge is 0.241 e. The van der Waals surface area contributed by atoms with Gasteiger partial charge in [0, 0.05) is 0 Å². The maximum Gasteiger partial charge on any atom is 0.241 e. The van der Waals surface area contributed by atoms with E-state index in [9.17, 15) is 8.42 Å². The number of fused-ring (bicyclic) bond motifs is 1. The van der Waals surface area contributed by atoms with E-state index in [0.717, 1.165) is 22.3 Å². The van der Waals surface area contributed by atoms with Gasteiger partial charge in [0.1, 0.15) is 6.61 Å². The summed E-state index contributed by atoms with van der Waals surface area (Å²) in [6.45, 7) is 5.99. The lowest BCUT2D eigenvalue weighted by Gasteiger charge is -2.27. The molecule has 2 aromatic rings. The van der Waals surface area contributed by atoms with Crippen LogP contribution in [0.4, 0.5) is 0 Å². The van der Waals surface area contributed by atoms with Gasteiger partial charge in [-0.1, -0.05) is 18.2 Å². The number of sulfonamides is 1. The van der Waals surface area contributed by atoms with Crippen molar-refractivity contribution >= 4 is 10.0 Å². The minimum atomic E-state index is -3.61. The van der Waals surface area contributed by atoms with E-state index in [1.165, 1.54) is 0 Å². The summed E-state index contributed by atoms with van der Waals surface area (Å²) < 4.78 is 39.5. The van der Waals surface area contributed by atoms with Crippen molar-refractivity contribution in [2.75, 3.05) is 13.7 Å². The van der Waals surface area contributed by atoms with Crippen molar-refractivity contribution in [2.24, 2.45) is 0 Å². The fraction of sp³-hybridized carbons (Fsp3) is 0.368. The molecule has 0 saturated heterocycles. The van der Waals surface area contributed by atoms with Crippen LogP contribution >= 0.6 is 0 Å². The number of para-hydroxylation sites is 1. The normalized spacial score (nSPS) is 16.9. The Balaban J connectivity index is 1.84. The van der Waals surface area contributed by atoms with E-state index in [-0.39, 0.29) is 12.6 Å². The van der Waals surface area contributed by atoms with Crippen LogP contribution in [0.1, 0.15) is 22.3 Å². The number of benzene rings is 2. The lowest BCUT2D eigenvalue weighted by molar-refractivity contribution is 0.240. The molecule has 134 valence electrons. The van der Waals surface area contributed by atoms with Gasteiger partial charge in [-0.15, -0.1) is 0 Å². The van der Waals surface area contributed by atoms with E-state index in [1.54, 1.807) is 13.2 Å². The van der Waals surface area contributed by atoms with Crippen molar-refractivity contribution < 1.29 is 17.9 Å². The van der Waals surface area contributed by atoms with Crippen molar-refractivity contribution in [3.63, 3.8) is 0 Å². The molecule has 25 heavy (non-hydrogen) atoms. The number of ether oxygens (including phenoxy) is 2. The van der Waals surface area contributed by atoms with Crippen LogP contribution in [-0.4, -0.2) is 28.2 Å². The Kier molecular flexibility index (Phi) is 4.75. The minimum Gasteiger partial charge on any atom is -0.493 e. The maximum absolute atomic E-state index is 12.8. The SMILES string of the molecule is COc1cccc2c1OC[C@H](NS(=O)(=O)c1cc(C)c(C)cc1C)C2. The zero-order chi connectivity index (χ0) is 18.2. The van der Waals surface area contributed by atoms with Gasteiger partial charge >= 0.3 is 0 Å². The molecule has 0 bridgehead atoms. The summed E-state index contributed by atoms with van der Waals surface area (Å²) in [5, 5.41) is 0. The largest absolute Gasteiger partial charge is 0.493 e. The van der Waals surface area contributed by atoms with E-state index in [1.807, 2.05) is 45.0 Å². The second kappa shape index (κ2) is 6.69. The Bertz CT molecular complexity index is 906. The maximum atomic E-state index is 12.8. The van der Waals surface area contributed by atoms with Crippen molar-refractivity contribution in [1.29, 1.82) is 0 Å². The lowest BCUT2D eigenvalue weighted by Crippen LogP contribution is -2.42. The standard InChI is InChI=1S/C19H23NO4S/c1-12-8-14(3)18(9-13(12)2)25(21,22)20-16-10-15-6-5-7-17(23-4)19(15)24-11-16/h5-9,16,20H,10-11H2,1-4H3/t16-/m1/s1. The molecular weight excluding hydrogens is 338 g/mol. The average Bonchev–Trinajstić information content (AvgIpc) is 2.56. The highest BCUT2D eigenvalue weighted by molar-refractivity contribution is 7.89. The van der Waals surface area contributed by atoms with Gasteiger partial charge in [-0.05, 0) is 61.6 Å². The molecule has 3 rings (SSSR count). The summed E-state index contributed by atoms with van der Waals surface area (Å²) in [4.78, 5) is 0.326. The van der Waals surface area contributed by atoms with Crippen LogP contribution in [0.5, 0.6) is 11.5 Å².